The van der Waals surface area contributed by atoms with Crippen molar-refractivity contribution < 1.29 is 14.7 Å². The monoisotopic (exact) mass is 308 g/mol. The van der Waals surface area contributed by atoms with Gasteiger partial charge in [0.05, 0.1) is 11.5 Å². The number of hydrogen-bond donors (Lipinski definition) is 3. The molecule has 21 heavy (non-hydrogen) atoms. The quantitative estimate of drug-likeness (QED) is 0.714. The van der Waals surface area contributed by atoms with Gasteiger partial charge in [-0.05, 0) is 49.0 Å². The molecule has 0 aromatic heterocycles. The average molecular weight is 308 g/mol. The van der Waals surface area contributed by atoms with Crippen molar-refractivity contribution in [2.45, 2.75) is 30.7 Å². The number of hydrogen-bond acceptors (Lipinski definition) is 4. The van der Waals surface area contributed by atoms with E-state index in [9.17, 15) is 14.7 Å². The average Bonchev–Trinajstić information content (AvgIpc) is 3.27. The van der Waals surface area contributed by atoms with Crippen LogP contribution in [-0.4, -0.2) is 35.0 Å². The van der Waals surface area contributed by atoms with Crippen LogP contribution in [0, 0.1) is 0 Å². The molecular weight excluding hydrogens is 288 g/mol. The van der Waals surface area contributed by atoms with Gasteiger partial charge in [-0.15, -0.1) is 0 Å². The minimum absolute atomic E-state index is 0.212. The molecule has 2 rings (SSSR count). The molecule has 1 aliphatic rings. The number of nitrogens with two attached hydrogens (primary N) is 1. The van der Waals surface area contributed by atoms with E-state index < -0.39 is 17.4 Å². The summed E-state index contributed by atoms with van der Waals surface area (Å²) in [4.78, 5) is 23.1. The Kier molecular flexibility index (Phi) is 4.90. The molecule has 5 nitrogen and oxygen atoms in total. The standard InChI is InChI=1S/C15H20N2O3S/c1-21-9-6-12(16)13(18)17-11-4-2-10(3-5-11)15(7-8-15)14(19)20/h2-5,12H,6-9,16H2,1H3,(H,17,18)(H,19,20)/t12-/m1/s1. The molecule has 0 saturated heterocycles. The summed E-state index contributed by atoms with van der Waals surface area (Å²) in [5.74, 6) is -0.149. The lowest BCUT2D eigenvalue weighted by atomic mass is 9.96. The Balaban J connectivity index is 1.97. The SMILES string of the molecule is CSCC[C@@H](N)C(=O)Nc1ccc(C2(C(=O)O)CC2)cc1. The van der Waals surface area contributed by atoms with E-state index in [2.05, 4.69) is 5.32 Å². The summed E-state index contributed by atoms with van der Waals surface area (Å²) in [5, 5.41) is 12.0. The van der Waals surface area contributed by atoms with Crippen LogP contribution in [0.25, 0.3) is 0 Å². The topological polar surface area (TPSA) is 92.4 Å². The number of rotatable bonds is 7. The van der Waals surface area contributed by atoms with Gasteiger partial charge in [0, 0.05) is 5.69 Å². The molecule has 0 radical (unpaired) electrons. The Morgan fingerprint density at radius 1 is 1.38 bits per heavy atom. The van der Waals surface area contributed by atoms with Crippen LogP contribution in [-0.2, 0) is 15.0 Å². The lowest BCUT2D eigenvalue weighted by molar-refractivity contribution is -0.140. The Labute approximate surface area is 128 Å². The van der Waals surface area contributed by atoms with Crippen LogP contribution in [0.15, 0.2) is 24.3 Å². The zero-order chi connectivity index (χ0) is 15.5. The Morgan fingerprint density at radius 3 is 2.48 bits per heavy atom. The molecule has 1 fully saturated rings. The summed E-state index contributed by atoms with van der Waals surface area (Å²) < 4.78 is 0. The fourth-order valence-corrected chi connectivity index (χ4v) is 2.72. The second-order valence-corrected chi connectivity index (χ2v) is 6.33. The van der Waals surface area contributed by atoms with E-state index in [0.29, 0.717) is 24.9 Å². The molecular formula is C15H20N2O3S. The van der Waals surface area contributed by atoms with Gasteiger partial charge in [-0.3, -0.25) is 9.59 Å². The second kappa shape index (κ2) is 6.49. The molecule has 0 aliphatic heterocycles. The maximum Gasteiger partial charge on any atom is 0.314 e. The molecule has 1 amide bonds. The van der Waals surface area contributed by atoms with Gasteiger partial charge >= 0.3 is 5.97 Å². The molecule has 0 bridgehead atoms. The number of thioether (sulfide) groups is 1. The molecule has 1 aromatic carbocycles. The van der Waals surface area contributed by atoms with E-state index in [1.165, 1.54) is 0 Å². The number of anilines is 1. The molecule has 114 valence electrons. The molecule has 4 N–H and O–H groups in total. The molecule has 1 atom stereocenters. The number of carbonyl (C=O) groups is 2. The Hall–Kier alpha value is -1.53. The third kappa shape index (κ3) is 3.57. The van der Waals surface area contributed by atoms with Gasteiger partial charge in [-0.2, -0.15) is 11.8 Å². The molecule has 0 unspecified atom stereocenters. The van der Waals surface area contributed by atoms with Gasteiger partial charge in [0.25, 0.3) is 0 Å². The van der Waals surface area contributed by atoms with E-state index >= 15 is 0 Å². The van der Waals surface area contributed by atoms with Crippen molar-refractivity contribution in [1.29, 1.82) is 0 Å². The number of nitrogens with one attached hydrogen (secondary N) is 1. The zero-order valence-electron chi connectivity index (χ0n) is 12.0. The first-order valence-electron chi connectivity index (χ1n) is 6.89. The summed E-state index contributed by atoms with van der Waals surface area (Å²) in [7, 11) is 0. The first-order chi connectivity index (χ1) is 9.99. The van der Waals surface area contributed by atoms with Gasteiger partial charge in [-0.25, -0.2) is 0 Å². The summed E-state index contributed by atoms with van der Waals surface area (Å²) in [5.41, 5.74) is 6.52. The summed E-state index contributed by atoms with van der Waals surface area (Å²) in [6, 6.07) is 6.48. The molecule has 1 aliphatic carbocycles. The van der Waals surface area contributed by atoms with E-state index in [4.69, 9.17) is 5.73 Å². The maximum atomic E-state index is 11.9. The number of carboxylic acid groups (broad SMARTS) is 1. The predicted molar refractivity (Wildman–Crippen MR) is 84.6 cm³/mol. The molecule has 1 aromatic rings. The van der Waals surface area contributed by atoms with Crippen LogP contribution in [0.4, 0.5) is 5.69 Å². The first kappa shape index (κ1) is 15.9. The molecule has 0 spiro atoms. The minimum atomic E-state index is -0.779. The van der Waals surface area contributed by atoms with E-state index in [1.54, 1.807) is 36.0 Å². The van der Waals surface area contributed by atoms with Crippen LogP contribution in [0.3, 0.4) is 0 Å². The maximum absolute atomic E-state index is 11.9. The van der Waals surface area contributed by atoms with Crippen molar-refractivity contribution in [3.63, 3.8) is 0 Å². The summed E-state index contributed by atoms with van der Waals surface area (Å²) in [6.07, 6.45) is 3.95. The largest absolute Gasteiger partial charge is 0.481 e. The second-order valence-electron chi connectivity index (χ2n) is 5.34. The molecule has 6 heteroatoms. The molecule has 0 heterocycles. The Bertz CT molecular complexity index is 526. The van der Waals surface area contributed by atoms with Crippen molar-refractivity contribution in [2.24, 2.45) is 5.73 Å². The fourth-order valence-electron chi connectivity index (χ4n) is 2.23. The van der Waals surface area contributed by atoms with Gasteiger partial charge in [0.1, 0.15) is 0 Å². The van der Waals surface area contributed by atoms with Gasteiger partial charge in [0.15, 0.2) is 0 Å². The van der Waals surface area contributed by atoms with Crippen LogP contribution in [0.2, 0.25) is 0 Å². The Morgan fingerprint density at radius 2 is 2.00 bits per heavy atom. The number of amides is 1. The number of carbonyl (C=O) groups excluding carboxylic acids is 1. The number of carboxylic acids is 1. The number of benzene rings is 1. The smallest absolute Gasteiger partial charge is 0.314 e. The highest BCUT2D eigenvalue weighted by Gasteiger charge is 2.51. The first-order valence-corrected chi connectivity index (χ1v) is 8.28. The van der Waals surface area contributed by atoms with Crippen molar-refractivity contribution >= 4 is 29.3 Å². The molecule has 1 saturated carbocycles. The lowest BCUT2D eigenvalue weighted by Crippen LogP contribution is -2.36. The highest BCUT2D eigenvalue weighted by molar-refractivity contribution is 7.98. The summed E-state index contributed by atoms with van der Waals surface area (Å²) >= 11 is 1.65. The van der Waals surface area contributed by atoms with Crippen LogP contribution < -0.4 is 11.1 Å². The highest BCUT2D eigenvalue weighted by Crippen LogP contribution is 2.48. The van der Waals surface area contributed by atoms with Crippen molar-refractivity contribution in [3.8, 4) is 0 Å². The minimum Gasteiger partial charge on any atom is -0.481 e. The van der Waals surface area contributed by atoms with Crippen LogP contribution >= 0.6 is 11.8 Å². The predicted octanol–water partition coefficient (Wildman–Crippen LogP) is 1.82. The van der Waals surface area contributed by atoms with E-state index in [1.807, 2.05) is 6.26 Å². The van der Waals surface area contributed by atoms with Crippen molar-refractivity contribution in [3.05, 3.63) is 29.8 Å². The van der Waals surface area contributed by atoms with Crippen molar-refractivity contribution in [1.82, 2.24) is 0 Å². The van der Waals surface area contributed by atoms with Gasteiger partial charge in [-0.1, -0.05) is 12.1 Å². The van der Waals surface area contributed by atoms with E-state index in [0.717, 1.165) is 11.3 Å². The van der Waals surface area contributed by atoms with Crippen LogP contribution in [0.1, 0.15) is 24.8 Å². The van der Waals surface area contributed by atoms with E-state index in [-0.39, 0.29) is 5.91 Å². The third-order valence-corrected chi connectivity index (χ3v) is 4.48. The van der Waals surface area contributed by atoms with Gasteiger partial charge < -0.3 is 16.2 Å². The summed E-state index contributed by atoms with van der Waals surface area (Å²) in [6.45, 7) is 0. The highest BCUT2D eigenvalue weighted by atomic mass is 32.2. The zero-order valence-corrected chi connectivity index (χ0v) is 12.8. The van der Waals surface area contributed by atoms with Crippen molar-refractivity contribution in [2.75, 3.05) is 17.3 Å². The van der Waals surface area contributed by atoms with Gasteiger partial charge in [0.2, 0.25) is 5.91 Å². The fraction of sp³-hybridized carbons (Fsp3) is 0.467. The lowest BCUT2D eigenvalue weighted by Gasteiger charge is -2.13. The normalized spacial score (nSPS) is 17.0. The third-order valence-electron chi connectivity index (χ3n) is 3.83. The number of aliphatic carboxylic acids is 1. The van der Waals surface area contributed by atoms with Crippen LogP contribution in [0.5, 0.6) is 0 Å².